The lowest BCUT2D eigenvalue weighted by molar-refractivity contribution is 0.0585. The molecule has 4 atom stereocenters. The van der Waals surface area contributed by atoms with E-state index < -0.39 is 6.10 Å². The molecule has 36 heavy (non-hydrogen) atoms. The van der Waals surface area contributed by atoms with E-state index in [0.717, 1.165) is 67.2 Å². The number of nitrogens with zero attached hydrogens (tertiary/aromatic N) is 2. The Morgan fingerprint density at radius 2 is 1.92 bits per heavy atom. The molecule has 2 heterocycles. The van der Waals surface area contributed by atoms with Gasteiger partial charge in [-0.15, -0.1) is 0 Å². The molecule has 5 rings (SSSR count). The van der Waals surface area contributed by atoms with Gasteiger partial charge < -0.3 is 20.3 Å². The number of piperazine rings is 1. The van der Waals surface area contributed by atoms with Crippen molar-refractivity contribution in [3.63, 3.8) is 0 Å². The minimum atomic E-state index is -0.568. The zero-order valence-electron chi connectivity index (χ0n) is 21.2. The summed E-state index contributed by atoms with van der Waals surface area (Å²) in [6.45, 7) is 9.25. The molecular weight excluding hydrogens is 472 g/mol. The predicted molar refractivity (Wildman–Crippen MR) is 147 cm³/mol. The molecule has 1 aliphatic carbocycles. The number of halogens is 1. The smallest absolute Gasteiger partial charge is 0.267 e. The summed E-state index contributed by atoms with van der Waals surface area (Å²) < 4.78 is 0. The van der Waals surface area contributed by atoms with Gasteiger partial charge in [0.1, 0.15) is 5.69 Å². The lowest BCUT2D eigenvalue weighted by Gasteiger charge is -2.39. The average Bonchev–Trinajstić information content (AvgIpc) is 3.45. The van der Waals surface area contributed by atoms with Gasteiger partial charge in [-0.05, 0) is 48.4 Å². The summed E-state index contributed by atoms with van der Waals surface area (Å²) in [6, 6.07) is 16.0. The van der Waals surface area contributed by atoms with Crippen molar-refractivity contribution in [1.29, 1.82) is 0 Å². The van der Waals surface area contributed by atoms with E-state index in [1.807, 2.05) is 30.3 Å². The zero-order chi connectivity index (χ0) is 25.2. The fourth-order valence-electron chi connectivity index (χ4n) is 5.68. The summed E-state index contributed by atoms with van der Waals surface area (Å²) >= 11 is 6.67. The molecule has 3 aromatic rings. The van der Waals surface area contributed by atoms with Crippen LogP contribution in [-0.2, 0) is 6.42 Å². The van der Waals surface area contributed by atoms with Crippen molar-refractivity contribution in [2.24, 2.45) is 17.8 Å². The van der Waals surface area contributed by atoms with Crippen LogP contribution in [0.25, 0.3) is 10.9 Å². The number of anilines is 1. The number of amides is 1. The number of hydrogen-bond donors (Lipinski definition) is 3. The third-order valence-electron chi connectivity index (χ3n) is 8.08. The van der Waals surface area contributed by atoms with Gasteiger partial charge in [0, 0.05) is 56.1 Å². The van der Waals surface area contributed by atoms with Crippen LogP contribution in [0.1, 0.15) is 36.3 Å². The maximum absolute atomic E-state index is 12.7. The first-order valence-corrected chi connectivity index (χ1v) is 13.6. The number of aliphatic hydroxyl groups is 1. The third-order valence-corrected chi connectivity index (χ3v) is 8.52. The van der Waals surface area contributed by atoms with Crippen LogP contribution in [0, 0.1) is 17.8 Å². The monoisotopic (exact) mass is 508 g/mol. The van der Waals surface area contributed by atoms with Crippen molar-refractivity contribution in [2.45, 2.75) is 32.8 Å². The second kappa shape index (κ2) is 10.8. The summed E-state index contributed by atoms with van der Waals surface area (Å²) in [4.78, 5) is 20.8. The molecule has 1 saturated carbocycles. The molecular formula is C29H37ClN4O2. The molecule has 3 unspecified atom stereocenters. The first kappa shape index (κ1) is 25.1. The summed E-state index contributed by atoms with van der Waals surface area (Å²) in [5.41, 5.74) is 3.79. The average molecular weight is 509 g/mol. The van der Waals surface area contributed by atoms with Crippen molar-refractivity contribution in [3.05, 3.63) is 64.8 Å². The Morgan fingerprint density at radius 1 is 1.17 bits per heavy atom. The van der Waals surface area contributed by atoms with E-state index >= 15 is 0 Å². The Bertz CT molecular complexity index is 1170. The Hall–Kier alpha value is -2.54. The lowest BCUT2D eigenvalue weighted by atomic mass is 9.94. The summed E-state index contributed by atoms with van der Waals surface area (Å²) in [5.74, 6) is 1.12. The standard InChI is InChI=1S/C29H37ClN4O2/c1-3-20-8-6-10-26(28(20)30)34-13-11-33(12-14-34)18-23(22-15-19(22)2)27(35)17-31-29(36)25-16-21-7-4-5-9-24(21)32-25/h4-10,16,19,22-23,27,32,35H,3,11-15,17-18H2,1-2H3,(H,31,36)/t19?,22-,23?,27?/m0/s1. The fourth-order valence-corrected chi connectivity index (χ4v) is 6.06. The Balaban J connectivity index is 1.16. The highest BCUT2D eigenvalue weighted by Crippen LogP contribution is 2.45. The lowest BCUT2D eigenvalue weighted by Crippen LogP contribution is -2.50. The Labute approximate surface area is 218 Å². The number of aryl methyl sites for hydroxylation is 1. The molecule has 2 fully saturated rings. The number of aliphatic hydroxyl groups excluding tert-OH is 1. The molecule has 2 aromatic carbocycles. The molecule has 0 bridgehead atoms. The van der Waals surface area contributed by atoms with Crippen LogP contribution in [0.4, 0.5) is 5.69 Å². The van der Waals surface area contributed by atoms with Gasteiger partial charge in [0.25, 0.3) is 5.91 Å². The van der Waals surface area contributed by atoms with E-state index in [1.165, 1.54) is 5.56 Å². The zero-order valence-corrected chi connectivity index (χ0v) is 22.0. The summed E-state index contributed by atoms with van der Waals surface area (Å²) in [6.07, 6.45) is 1.52. The molecule has 2 aliphatic rings. The van der Waals surface area contributed by atoms with E-state index in [4.69, 9.17) is 11.6 Å². The van der Waals surface area contributed by atoms with E-state index in [-0.39, 0.29) is 18.4 Å². The molecule has 6 nitrogen and oxygen atoms in total. The molecule has 1 aromatic heterocycles. The first-order chi connectivity index (χ1) is 17.4. The van der Waals surface area contributed by atoms with Gasteiger partial charge in [-0.2, -0.15) is 0 Å². The maximum atomic E-state index is 12.7. The molecule has 1 saturated heterocycles. The Morgan fingerprint density at radius 3 is 2.61 bits per heavy atom. The SMILES string of the molecule is CCc1cccc(N2CCN(CC(C(O)CNC(=O)c3cc4ccccc4[nH]3)[C@H]3CC3C)CC2)c1Cl. The number of aromatic nitrogens is 1. The third kappa shape index (κ3) is 5.41. The highest BCUT2D eigenvalue weighted by atomic mass is 35.5. The minimum absolute atomic E-state index is 0.154. The Kier molecular flexibility index (Phi) is 7.56. The fraction of sp³-hybridized carbons (Fsp3) is 0.483. The van der Waals surface area contributed by atoms with Crippen LogP contribution in [0.2, 0.25) is 5.02 Å². The van der Waals surface area contributed by atoms with Crippen LogP contribution < -0.4 is 10.2 Å². The van der Waals surface area contributed by atoms with Crippen LogP contribution in [0.15, 0.2) is 48.5 Å². The largest absolute Gasteiger partial charge is 0.391 e. The minimum Gasteiger partial charge on any atom is -0.391 e. The highest BCUT2D eigenvalue weighted by Gasteiger charge is 2.43. The highest BCUT2D eigenvalue weighted by molar-refractivity contribution is 6.34. The van der Waals surface area contributed by atoms with Gasteiger partial charge in [0.05, 0.1) is 16.8 Å². The van der Waals surface area contributed by atoms with Crippen LogP contribution in [0.3, 0.4) is 0 Å². The van der Waals surface area contributed by atoms with Crippen LogP contribution >= 0.6 is 11.6 Å². The van der Waals surface area contributed by atoms with E-state index in [1.54, 1.807) is 0 Å². The first-order valence-electron chi connectivity index (χ1n) is 13.2. The number of para-hydroxylation sites is 1. The summed E-state index contributed by atoms with van der Waals surface area (Å²) in [5, 5.41) is 16.0. The quantitative estimate of drug-likeness (QED) is 0.396. The molecule has 1 aliphatic heterocycles. The van der Waals surface area contributed by atoms with Crippen molar-refractivity contribution in [2.75, 3.05) is 44.2 Å². The second-order valence-electron chi connectivity index (χ2n) is 10.5. The number of rotatable bonds is 9. The van der Waals surface area contributed by atoms with Gasteiger partial charge in [0.15, 0.2) is 0 Å². The molecule has 3 N–H and O–H groups in total. The number of H-pyrrole nitrogens is 1. The van der Waals surface area contributed by atoms with E-state index in [2.05, 4.69) is 52.1 Å². The normalized spacial score (nSPS) is 21.9. The van der Waals surface area contributed by atoms with Gasteiger partial charge in [-0.25, -0.2) is 0 Å². The topological polar surface area (TPSA) is 71.6 Å². The van der Waals surface area contributed by atoms with Crippen molar-refractivity contribution in [3.8, 4) is 0 Å². The number of fused-ring (bicyclic) bond motifs is 1. The number of hydrogen-bond acceptors (Lipinski definition) is 4. The molecule has 0 spiro atoms. The predicted octanol–water partition coefficient (Wildman–Crippen LogP) is 4.57. The molecule has 0 radical (unpaired) electrons. The molecule has 7 heteroatoms. The molecule has 1 amide bonds. The van der Waals surface area contributed by atoms with E-state index in [0.29, 0.717) is 17.5 Å². The van der Waals surface area contributed by atoms with Gasteiger partial charge >= 0.3 is 0 Å². The van der Waals surface area contributed by atoms with Gasteiger partial charge in [-0.3, -0.25) is 9.69 Å². The number of carbonyl (C=O) groups excluding carboxylic acids is 1. The van der Waals surface area contributed by atoms with Crippen LogP contribution in [-0.4, -0.2) is 66.3 Å². The van der Waals surface area contributed by atoms with Crippen molar-refractivity contribution < 1.29 is 9.90 Å². The molecule has 192 valence electrons. The number of benzene rings is 2. The number of nitrogens with one attached hydrogen (secondary N) is 2. The van der Waals surface area contributed by atoms with E-state index in [9.17, 15) is 9.90 Å². The van der Waals surface area contributed by atoms with Gasteiger partial charge in [-0.1, -0.05) is 55.8 Å². The summed E-state index contributed by atoms with van der Waals surface area (Å²) in [7, 11) is 0. The number of aromatic amines is 1. The number of carbonyl (C=O) groups is 1. The van der Waals surface area contributed by atoms with Crippen molar-refractivity contribution in [1.82, 2.24) is 15.2 Å². The van der Waals surface area contributed by atoms with Gasteiger partial charge in [0.2, 0.25) is 0 Å². The van der Waals surface area contributed by atoms with Crippen molar-refractivity contribution >= 4 is 34.1 Å². The second-order valence-corrected chi connectivity index (χ2v) is 10.9. The maximum Gasteiger partial charge on any atom is 0.267 e. The van der Waals surface area contributed by atoms with Crippen LogP contribution in [0.5, 0.6) is 0 Å².